The predicted octanol–water partition coefficient (Wildman–Crippen LogP) is 3.49. The van der Waals surface area contributed by atoms with Crippen LogP contribution >= 0.6 is 11.6 Å². The molecule has 0 amide bonds. The van der Waals surface area contributed by atoms with Crippen LogP contribution in [0.25, 0.3) is 5.82 Å². The minimum Gasteiger partial charge on any atom is -0.258 e. The normalized spacial score (nSPS) is 15.7. The van der Waals surface area contributed by atoms with Gasteiger partial charge in [-0.15, -0.1) is 0 Å². The number of halogens is 1. The lowest BCUT2D eigenvalue weighted by atomic mass is 10.0. The zero-order valence-corrected chi connectivity index (χ0v) is 11.5. The van der Waals surface area contributed by atoms with Crippen molar-refractivity contribution in [3.63, 3.8) is 0 Å². The summed E-state index contributed by atoms with van der Waals surface area (Å²) in [5, 5.41) is 15.7. The van der Waals surface area contributed by atoms with Gasteiger partial charge in [0.05, 0.1) is 4.92 Å². The average Bonchev–Trinajstić information content (AvgIpc) is 3.06. The molecule has 104 valence electrons. The SMILES string of the molecule is O=[N+]([O-])c1c(C2CCCC2)nn(-c2ccccn2)c1Cl. The van der Waals surface area contributed by atoms with Gasteiger partial charge in [-0.3, -0.25) is 10.1 Å². The van der Waals surface area contributed by atoms with Crippen LogP contribution in [0.2, 0.25) is 5.15 Å². The summed E-state index contributed by atoms with van der Waals surface area (Å²) in [5.41, 5.74) is 0.410. The third kappa shape index (κ3) is 2.16. The van der Waals surface area contributed by atoms with E-state index in [2.05, 4.69) is 10.1 Å². The van der Waals surface area contributed by atoms with Gasteiger partial charge in [-0.05, 0) is 25.0 Å². The minimum absolute atomic E-state index is 0.0237. The molecule has 2 aromatic rings. The molecule has 1 aliphatic rings. The van der Waals surface area contributed by atoms with Crippen molar-refractivity contribution in [3.8, 4) is 5.82 Å². The molecule has 2 aromatic heterocycles. The molecule has 0 radical (unpaired) electrons. The Morgan fingerprint density at radius 2 is 2.10 bits per heavy atom. The van der Waals surface area contributed by atoms with Crippen LogP contribution in [0.1, 0.15) is 37.3 Å². The number of aromatic nitrogens is 3. The molecule has 1 fully saturated rings. The number of hydrogen-bond donors (Lipinski definition) is 0. The Bertz CT molecular complexity index is 635. The monoisotopic (exact) mass is 292 g/mol. The van der Waals surface area contributed by atoms with E-state index in [1.165, 1.54) is 4.68 Å². The molecular weight excluding hydrogens is 280 g/mol. The predicted molar refractivity (Wildman–Crippen MR) is 74.2 cm³/mol. The van der Waals surface area contributed by atoms with Gasteiger partial charge in [-0.2, -0.15) is 9.78 Å². The molecule has 0 N–H and O–H groups in total. The topological polar surface area (TPSA) is 73.8 Å². The molecular formula is C13H13ClN4O2. The first kappa shape index (κ1) is 13.1. The quantitative estimate of drug-likeness (QED) is 0.641. The van der Waals surface area contributed by atoms with Gasteiger partial charge in [0.15, 0.2) is 5.82 Å². The van der Waals surface area contributed by atoms with E-state index in [-0.39, 0.29) is 16.8 Å². The minimum atomic E-state index is -0.442. The first-order chi connectivity index (χ1) is 9.68. The fourth-order valence-electron chi connectivity index (χ4n) is 2.68. The molecule has 6 nitrogen and oxygen atoms in total. The Morgan fingerprint density at radius 3 is 2.70 bits per heavy atom. The summed E-state index contributed by atoms with van der Waals surface area (Å²) in [5.74, 6) is 0.614. The van der Waals surface area contributed by atoms with Crippen molar-refractivity contribution in [3.05, 3.63) is 45.4 Å². The van der Waals surface area contributed by atoms with Crippen LogP contribution in [0.4, 0.5) is 5.69 Å². The molecule has 0 unspecified atom stereocenters. The number of rotatable bonds is 3. The van der Waals surface area contributed by atoms with Gasteiger partial charge in [0.1, 0.15) is 5.69 Å². The van der Waals surface area contributed by atoms with Gasteiger partial charge in [0, 0.05) is 12.1 Å². The zero-order chi connectivity index (χ0) is 14.1. The summed E-state index contributed by atoms with van der Waals surface area (Å²) >= 11 is 6.16. The highest BCUT2D eigenvalue weighted by Crippen LogP contribution is 2.41. The molecule has 0 aromatic carbocycles. The zero-order valence-electron chi connectivity index (χ0n) is 10.7. The molecule has 1 aliphatic carbocycles. The van der Waals surface area contributed by atoms with Crippen molar-refractivity contribution in [2.24, 2.45) is 0 Å². The van der Waals surface area contributed by atoms with Gasteiger partial charge in [0.2, 0.25) is 5.15 Å². The lowest BCUT2D eigenvalue weighted by Gasteiger charge is -2.03. The maximum Gasteiger partial charge on any atom is 0.329 e. The molecule has 0 spiro atoms. The smallest absolute Gasteiger partial charge is 0.258 e. The molecule has 3 rings (SSSR count). The summed E-state index contributed by atoms with van der Waals surface area (Å²) in [4.78, 5) is 15.0. The van der Waals surface area contributed by atoms with Gasteiger partial charge in [-0.1, -0.05) is 30.5 Å². The van der Waals surface area contributed by atoms with E-state index in [9.17, 15) is 10.1 Å². The van der Waals surface area contributed by atoms with Crippen LogP contribution in [-0.2, 0) is 0 Å². The molecule has 0 saturated heterocycles. The average molecular weight is 293 g/mol. The second-order valence-electron chi connectivity index (χ2n) is 4.86. The van der Waals surface area contributed by atoms with E-state index in [0.29, 0.717) is 11.5 Å². The number of nitro groups is 1. The van der Waals surface area contributed by atoms with Crippen molar-refractivity contribution in [2.45, 2.75) is 31.6 Å². The Morgan fingerprint density at radius 1 is 1.35 bits per heavy atom. The van der Waals surface area contributed by atoms with Crippen molar-refractivity contribution in [1.82, 2.24) is 14.8 Å². The Kier molecular flexibility index (Phi) is 3.40. The van der Waals surface area contributed by atoms with E-state index in [0.717, 1.165) is 25.7 Å². The van der Waals surface area contributed by atoms with Gasteiger partial charge >= 0.3 is 5.69 Å². The Labute approximate surface area is 120 Å². The van der Waals surface area contributed by atoms with Crippen LogP contribution in [0.5, 0.6) is 0 Å². The van der Waals surface area contributed by atoms with Crippen molar-refractivity contribution >= 4 is 17.3 Å². The van der Waals surface area contributed by atoms with Crippen LogP contribution < -0.4 is 0 Å². The second-order valence-corrected chi connectivity index (χ2v) is 5.22. The number of nitrogens with zero attached hydrogens (tertiary/aromatic N) is 4. The summed E-state index contributed by atoms with van der Waals surface area (Å²) in [6, 6.07) is 5.29. The lowest BCUT2D eigenvalue weighted by Crippen LogP contribution is -2.01. The molecule has 2 heterocycles. The van der Waals surface area contributed by atoms with Gasteiger partial charge in [0.25, 0.3) is 0 Å². The Hall–Kier alpha value is -1.95. The Balaban J connectivity index is 2.13. The van der Waals surface area contributed by atoms with Crippen LogP contribution in [0, 0.1) is 10.1 Å². The highest BCUT2D eigenvalue weighted by molar-refractivity contribution is 6.32. The van der Waals surface area contributed by atoms with E-state index < -0.39 is 4.92 Å². The van der Waals surface area contributed by atoms with Crippen LogP contribution in [-0.4, -0.2) is 19.7 Å². The second kappa shape index (κ2) is 5.20. The maximum absolute atomic E-state index is 11.3. The third-order valence-corrected chi connectivity index (χ3v) is 3.96. The fourth-order valence-corrected chi connectivity index (χ4v) is 2.97. The van der Waals surface area contributed by atoms with Crippen molar-refractivity contribution in [1.29, 1.82) is 0 Å². The molecule has 0 aliphatic heterocycles. The number of pyridine rings is 1. The molecule has 0 atom stereocenters. The summed E-state index contributed by atoms with van der Waals surface area (Å²) < 4.78 is 1.35. The molecule has 20 heavy (non-hydrogen) atoms. The van der Waals surface area contributed by atoms with Gasteiger partial charge < -0.3 is 0 Å². The molecule has 7 heteroatoms. The van der Waals surface area contributed by atoms with Crippen LogP contribution in [0.15, 0.2) is 24.4 Å². The first-order valence-electron chi connectivity index (χ1n) is 6.52. The summed E-state index contributed by atoms with van der Waals surface area (Å²) in [6.07, 6.45) is 5.62. The maximum atomic E-state index is 11.3. The van der Waals surface area contributed by atoms with Crippen molar-refractivity contribution in [2.75, 3.05) is 0 Å². The van der Waals surface area contributed by atoms with E-state index in [1.54, 1.807) is 24.4 Å². The molecule has 0 bridgehead atoms. The largest absolute Gasteiger partial charge is 0.329 e. The first-order valence-corrected chi connectivity index (χ1v) is 6.90. The van der Waals surface area contributed by atoms with Gasteiger partial charge in [-0.25, -0.2) is 4.98 Å². The fraction of sp³-hybridized carbons (Fsp3) is 0.385. The van der Waals surface area contributed by atoms with E-state index in [4.69, 9.17) is 11.6 Å². The van der Waals surface area contributed by atoms with E-state index >= 15 is 0 Å². The molecule has 1 saturated carbocycles. The number of hydrogen-bond acceptors (Lipinski definition) is 4. The highest BCUT2D eigenvalue weighted by Gasteiger charge is 2.33. The van der Waals surface area contributed by atoms with E-state index in [1.807, 2.05) is 0 Å². The third-order valence-electron chi connectivity index (χ3n) is 3.62. The summed E-state index contributed by atoms with van der Waals surface area (Å²) in [7, 11) is 0. The summed E-state index contributed by atoms with van der Waals surface area (Å²) in [6.45, 7) is 0. The van der Waals surface area contributed by atoms with Crippen LogP contribution in [0.3, 0.4) is 0 Å². The standard InChI is InChI=1S/C13H13ClN4O2/c14-13-12(18(19)20)11(9-5-1-2-6-9)16-17(13)10-7-3-4-8-15-10/h3-4,7-9H,1-2,5-6H2. The lowest BCUT2D eigenvalue weighted by molar-refractivity contribution is -0.385. The highest BCUT2D eigenvalue weighted by atomic mass is 35.5. The van der Waals surface area contributed by atoms with Crippen molar-refractivity contribution < 1.29 is 4.92 Å².